The Balaban J connectivity index is 2.57. The van der Waals surface area contributed by atoms with Gasteiger partial charge >= 0.3 is 0 Å². The third-order valence-electron chi connectivity index (χ3n) is 3.95. The lowest BCUT2D eigenvalue weighted by molar-refractivity contribution is 0.231. The van der Waals surface area contributed by atoms with E-state index in [0.717, 1.165) is 24.0 Å². The van der Waals surface area contributed by atoms with Crippen molar-refractivity contribution < 1.29 is 0 Å². The van der Waals surface area contributed by atoms with E-state index in [1.807, 2.05) is 0 Å². The lowest BCUT2D eigenvalue weighted by atomic mass is 10.0. The molecule has 0 radical (unpaired) electrons. The summed E-state index contributed by atoms with van der Waals surface area (Å²) in [7, 11) is 2.24. The zero-order chi connectivity index (χ0) is 15.0. The predicted molar refractivity (Wildman–Crippen MR) is 92.2 cm³/mol. The van der Waals surface area contributed by atoms with E-state index >= 15 is 0 Å². The summed E-state index contributed by atoms with van der Waals surface area (Å²) in [6.07, 6.45) is 3.69. The second-order valence-electron chi connectivity index (χ2n) is 5.57. The minimum absolute atomic E-state index is 0.448. The summed E-state index contributed by atoms with van der Waals surface area (Å²) in [6.45, 7) is 8.90. The first-order valence-electron chi connectivity index (χ1n) is 7.77. The molecule has 2 atom stereocenters. The summed E-state index contributed by atoms with van der Waals surface area (Å²) in [5.74, 6) is 0. The first-order chi connectivity index (χ1) is 9.58. The van der Waals surface area contributed by atoms with Crippen LogP contribution >= 0.6 is 15.9 Å². The van der Waals surface area contributed by atoms with Crippen molar-refractivity contribution in [2.24, 2.45) is 0 Å². The van der Waals surface area contributed by atoms with E-state index in [9.17, 15) is 0 Å². The molecule has 0 fully saturated rings. The van der Waals surface area contributed by atoms with Crippen molar-refractivity contribution in [3.05, 3.63) is 34.3 Å². The highest BCUT2D eigenvalue weighted by Gasteiger charge is 2.13. The summed E-state index contributed by atoms with van der Waals surface area (Å²) in [5, 5.41) is 3.60. The van der Waals surface area contributed by atoms with E-state index in [2.05, 4.69) is 78.2 Å². The van der Waals surface area contributed by atoms with Crippen LogP contribution < -0.4 is 5.32 Å². The molecule has 0 saturated carbocycles. The van der Waals surface area contributed by atoms with Crippen LogP contribution in [-0.4, -0.2) is 31.1 Å². The second kappa shape index (κ2) is 9.54. The average molecular weight is 341 g/mol. The van der Waals surface area contributed by atoms with Gasteiger partial charge in [-0.05, 0) is 57.6 Å². The molecule has 0 aromatic heterocycles. The molecule has 2 nitrogen and oxygen atoms in total. The molecule has 3 heteroatoms. The van der Waals surface area contributed by atoms with Gasteiger partial charge in [0, 0.05) is 16.6 Å². The highest BCUT2D eigenvalue weighted by Crippen LogP contribution is 2.20. The van der Waals surface area contributed by atoms with Crippen molar-refractivity contribution in [2.45, 2.75) is 52.1 Å². The molecule has 114 valence electrons. The van der Waals surface area contributed by atoms with E-state index in [1.165, 1.54) is 18.4 Å². The average Bonchev–Trinajstić information content (AvgIpc) is 2.44. The monoisotopic (exact) mass is 340 g/mol. The normalized spacial score (nSPS) is 14.5. The van der Waals surface area contributed by atoms with Crippen LogP contribution in [0.3, 0.4) is 0 Å². The molecule has 1 aromatic rings. The number of hydrogen-bond acceptors (Lipinski definition) is 2. The Morgan fingerprint density at radius 3 is 2.35 bits per heavy atom. The van der Waals surface area contributed by atoms with Crippen molar-refractivity contribution >= 4 is 15.9 Å². The van der Waals surface area contributed by atoms with Crippen LogP contribution in [0, 0.1) is 0 Å². The van der Waals surface area contributed by atoms with Crippen LogP contribution in [-0.2, 0) is 0 Å². The molecular formula is C17H29BrN2. The number of nitrogens with zero attached hydrogens (tertiary/aromatic N) is 1. The van der Waals surface area contributed by atoms with Crippen molar-refractivity contribution in [1.82, 2.24) is 10.2 Å². The summed E-state index contributed by atoms with van der Waals surface area (Å²) in [6, 6.07) is 9.81. The third kappa shape index (κ3) is 5.94. The topological polar surface area (TPSA) is 15.3 Å². The Kier molecular flexibility index (Phi) is 8.43. The smallest absolute Gasteiger partial charge is 0.0332 e. The minimum atomic E-state index is 0.448. The minimum Gasteiger partial charge on any atom is -0.310 e. The molecule has 0 aliphatic carbocycles. The molecule has 20 heavy (non-hydrogen) atoms. The Bertz CT molecular complexity index is 364. The van der Waals surface area contributed by atoms with Gasteiger partial charge in [0.1, 0.15) is 0 Å². The molecule has 0 spiro atoms. The lowest BCUT2D eigenvalue weighted by Crippen LogP contribution is -2.32. The van der Waals surface area contributed by atoms with Crippen molar-refractivity contribution in [1.29, 1.82) is 0 Å². The Labute approximate surface area is 133 Å². The fourth-order valence-corrected chi connectivity index (χ4v) is 2.78. The van der Waals surface area contributed by atoms with E-state index in [1.54, 1.807) is 0 Å². The van der Waals surface area contributed by atoms with Crippen molar-refractivity contribution in [3.8, 4) is 0 Å². The molecule has 0 aliphatic heterocycles. The van der Waals surface area contributed by atoms with Gasteiger partial charge in [-0.15, -0.1) is 0 Å². The summed E-state index contributed by atoms with van der Waals surface area (Å²) < 4.78 is 1.14. The van der Waals surface area contributed by atoms with Crippen molar-refractivity contribution in [2.75, 3.05) is 20.1 Å². The quantitative estimate of drug-likeness (QED) is 0.706. The third-order valence-corrected chi connectivity index (χ3v) is 4.48. The highest BCUT2D eigenvalue weighted by molar-refractivity contribution is 9.10. The maximum atomic E-state index is 3.60. The Morgan fingerprint density at radius 2 is 1.80 bits per heavy atom. The molecule has 1 rings (SSSR count). The maximum Gasteiger partial charge on any atom is 0.0332 e. The molecule has 0 amide bonds. The van der Waals surface area contributed by atoms with Crippen molar-refractivity contribution in [3.63, 3.8) is 0 Å². The molecule has 1 N–H and O–H groups in total. The van der Waals surface area contributed by atoms with Gasteiger partial charge in [0.25, 0.3) is 0 Å². The van der Waals surface area contributed by atoms with E-state index in [-0.39, 0.29) is 0 Å². The Morgan fingerprint density at radius 1 is 1.15 bits per heavy atom. The first kappa shape index (κ1) is 17.7. The molecular weight excluding hydrogens is 312 g/mol. The van der Waals surface area contributed by atoms with Crippen LogP contribution in [0.15, 0.2) is 28.7 Å². The predicted octanol–water partition coefficient (Wildman–Crippen LogP) is 4.61. The van der Waals surface area contributed by atoms with Gasteiger partial charge < -0.3 is 10.2 Å². The molecule has 1 aromatic carbocycles. The number of halogens is 1. The van der Waals surface area contributed by atoms with Crippen LogP contribution in [0.4, 0.5) is 0 Å². The SMILES string of the molecule is CCCC(C)N(C)CCC(NCC)c1ccc(Br)cc1. The van der Waals surface area contributed by atoms with E-state index < -0.39 is 0 Å². The van der Waals surface area contributed by atoms with Gasteiger partial charge in [0.2, 0.25) is 0 Å². The maximum absolute atomic E-state index is 3.60. The Hall–Kier alpha value is -0.380. The fraction of sp³-hybridized carbons (Fsp3) is 0.647. The molecule has 0 aliphatic rings. The standard InChI is InChI=1S/C17H29BrN2/c1-5-7-14(3)20(4)13-12-17(19-6-2)15-8-10-16(18)11-9-15/h8-11,14,17,19H,5-7,12-13H2,1-4H3. The van der Waals surface area contributed by atoms with Gasteiger partial charge in [-0.2, -0.15) is 0 Å². The van der Waals surface area contributed by atoms with Gasteiger partial charge in [0.05, 0.1) is 0 Å². The summed E-state index contributed by atoms with van der Waals surface area (Å²) in [4.78, 5) is 2.48. The molecule has 2 unspecified atom stereocenters. The van der Waals surface area contributed by atoms with Gasteiger partial charge in [0.15, 0.2) is 0 Å². The molecule has 0 saturated heterocycles. The van der Waals surface area contributed by atoms with E-state index in [4.69, 9.17) is 0 Å². The first-order valence-corrected chi connectivity index (χ1v) is 8.56. The molecule has 0 heterocycles. The number of nitrogens with one attached hydrogen (secondary N) is 1. The number of benzene rings is 1. The van der Waals surface area contributed by atoms with Crippen LogP contribution in [0.1, 0.15) is 51.6 Å². The van der Waals surface area contributed by atoms with Crippen LogP contribution in [0.2, 0.25) is 0 Å². The van der Waals surface area contributed by atoms with Crippen LogP contribution in [0.5, 0.6) is 0 Å². The van der Waals surface area contributed by atoms with Gasteiger partial charge in [-0.25, -0.2) is 0 Å². The zero-order valence-corrected chi connectivity index (χ0v) is 14.9. The van der Waals surface area contributed by atoms with E-state index in [0.29, 0.717) is 12.1 Å². The largest absolute Gasteiger partial charge is 0.310 e. The fourth-order valence-electron chi connectivity index (χ4n) is 2.52. The summed E-state index contributed by atoms with van der Waals surface area (Å²) in [5.41, 5.74) is 1.38. The van der Waals surface area contributed by atoms with Gasteiger partial charge in [-0.3, -0.25) is 0 Å². The second-order valence-corrected chi connectivity index (χ2v) is 6.48. The molecule has 0 bridgehead atoms. The van der Waals surface area contributed by atoms with Gasteiger partial charge in [-0.1, -0.05) is 48.3 Å². The number of hydrogen-bond donors (Lipinski definition) is 1. The van der Waals surface area contributed by atoms with Crippen LogP contribution in [0.25, 0.3) is 0 Å². The summed E-state index contributed by atoms with van der Waals surface area (Å²) >= 11 is 3.50. The highest BCUT2D eigenvalue weighted by atomic mass is 79.9. The zero-order valence-electron chi connectivity index (χ0n) is 13.3. The lowest BCUT2D eigenvalue weighted by Gasteiger charge is -2.27. The number of rotatable bonds is 9.